The fourth-order valence-electron chi connectivity index (χ4n) is 3.22. The average molecular weight is 424 g/mol. The fraction of sp³-hybridized carbons (Fsp3) is 0.320. The number of hydrogen-bond acceptors (Lipinski definition) is 5. The van der Waals surface area contributed by atoms with Gasteiger partial charge in [0.15, 0.2) is 17.3 Å². The smallest absolute Gasteiger partial charge is 0.287 e. The number of rotatable bonds is 11. The van der Waals surface area contributed by atoms with Crippen LogP contribution in [0, 0.1) is 0 Å². The van der Waals surface area contributed by atoms with Gasteiger partial charge in [-0.3, -0.25) is 4.79 Å². The van der Waals surface area contributed by atoms with Crippen LogP contribution in [0.2, 0.25) is 0 Å². The van der Waals surface area contributed by atoms with Crippen LogP contribution in [0.5, 0.6) is 17.2 Å². The Balaban J connectivity index is 1.46. The second-order valence-electron chi connectivity index (χ2n) is 7.14. The molecular weight excluding hydrogens is 394 g/mol. The third-order valence-electron chi connectivity index (χ3n) is 4.88. The van der Waals surface area contributed by atoms with E-state index in [0.29, 0.717) is 30.2 Å². The molecular formula is C25H29NO5. The molecule has 0 saturated carbocycles. The lowest BCUT2D eigenvalue weighted by atomic mass is 10.1. The SMILES string of the molecule is CCCc1ccc(OCc2ccc(C(=O)NCCc3ccc(OC)c(OC)c3)o2)cc1. The molecule has 31 heavy (non-hydrogen) atoms. The number of amides is 1. The Hall–Kier alpha value is -3.41. The molecule has 1 N–H and O–H groups in total. The van der Waals surface area contributed by atoms with Gasteiger partial charge in [0.25, 0.3) is 5.91 Å². The third-order valence-corrected chi connectivity index (χ3v) is 4.88. The summed E-state index contributed by atoms with van der Waals surface area (Å²) in [6, 6.07) is 17.2. The van der Waals surface area contributed by atoms with E-state index in [-0.39, 0.29) is 18.3 Å². The minimum absolute atomic E-state index is 0.254. The number of furan rings is 1. The van der Waals surface area contributed by atoms with E-state index in [2.05, 4.69) is 24.4 Å². The molecule has 1 amide bonds. The van der Waals surface area contributed by atoms with Gasteiger partial charge in [0.2, 0.25) is 0 Å². The first kappa shape index (κ1) is 22.3. The minimum Gasteiger partial charge on any atom is -0.493 e. The van der Waals surface area contributed by atoms with Crippen LogP contribution in [0.4, 0.5) is 0 Å². The van der Waals surface area contributed by atoms with E-state index in [1.807, 2.05) is 30.3 Å². The summed E-state index contributed by atoms with van der Waals surface area (Å²) in [5.41, 5.74) is 2.33. The lowest BCUT2D eigenvalue weighted by Crippen LogP contribution is -2.25. The van der Waals surface area contributed by atoms with Gasteiger partial charge in [-0.05, 0) is 60.4 Å². The van der Waals surface area contributed by atoms with Gasteiger partial charge in [0.05, 0.1) is 14.2 Å². The van der Waals surface area contributed by atoms with Crippen molar-refractivity contribution in [3.05, 3.63) is 77.2 Å². The van der Waals surface area contributed by atoms with E-state index in [9.17, 15) is 4.79 Å². The lowest BCUT2D eigenvalue weighted by molar-refractivity contribution is 0.0922. The molecule has 0 fully saturated rings. The summed E-state index contributed by atoms with van der Waals surface area (Å²) in [5.74, 6) is 2.74. The van der Waals surface area contributed by atoms with Gasteiger partial charge in [-0.25, -0.2) is 0 Å². The molecule has 0 aliphatic rings. The van der Waals surface area contributed by atoms with Crippen LogP contribution in [0.1, 0.15) is 40.8 Å². The second-order valence-corrected chi connectivity index (χ2v) is 7.14. The van der Waals surface area contributed by atoms with E-state index in [4.69, 9.17) is 18.6 Å². The predicted octanol–water partition coefficient (Wildman–Crippen LogP) is 4.80. The molecule has 1 aromatic heterocycles. The Kier molecular flexibility index (Phi) is 7.98. The van der Waals surface area contributed by atoms with Crippen molar-refractivity contribution in [2.45, 2.75) is 32.8 Å². The van der Waals surface area contributed by atoms with Gasteiger partial charge in [-0.15, -0.1) is 0 Å². The highest BCUT2D eigenvalue weighted by Crippen LogP contribution is 2.27. The molecule has 0 aliphatic heterocycles. The number of benzene rings is 2. The van der Waals surface area contributed by atoms with E-state index >= 15 is 0 Å². The van der Waals surface area contributed by atoms with Crippen molar-refractivity contribution in [3.8, 4) is 17.2 Å². The van der Waals surface area contributed by atoms with Gasteiger partial charge in [-0.1, -0.05) is 31.5 Å². The monoisotopic (exact) mass is 423 g/mol. The number of nitrogens with one attached hydrogen (secondary N) is 1. The molecule has 0 saturated heterocycles. The summed E-state index contributed by atoms with van der Waals surface area (Å²) >= 11 is 0. The van der Waals surface area contributed by atoms with E-state index < -0.39 is 0 Å². The Morgan fingerprint density at radius 3 is 2.35 bits per heavy atom. The molecule has 1 heterocycles. The van der Waals surface area contributed by atoms with Crippen molar-refractivity contribution in [3.63, 3.8) is 0 Å². The van der Waals surface area contributed by atoms with Crippen molar-refractivity contribution in [2.75, 3.05) is 20.8 Å². The predicted molar refractivity (Wildman–Crippen MR) is 119 cm³/mol. The van der Waals surface area contributed by atoms with Crippen molar-refractivity contribution in [2.24, 2.45) is 0 Å². The number of aryl methyl sites for hydroxylation is 1. The molecule has 0 bridgehead atoms. The van der Waals surface area contributed by atoms with Crippen LogP contribution in [0.15, 0.2) is 59.0 Å². The maximum Gasteiger partial charge on any atom is 0.287 e. The van der Waals surface area contributed by atoms with Crippen molar-refractivity contribution >= 4 is 5.91 Å². The summed E-state index contributed by atoms with van der Waals surface area (Å²) in [5, 5.41) is 2.87. The quantitative estimate of drug-likeness (QED) is 0.480. The zero-order chi connectivity index (χ0) is 22.1. The largest absolute Gasteiger partial charge is 0.493 e. The molecule has 3 aromatic rings. The van der Waals surface area contributed by atoms with Crippen LogP contribution >= 0.6 is 0 Å². The number of carbonyl (C=O) groups excluding carboxylic acids is 1. The molecule has 0 radical (unpaired) electrons. The molecule has 0 aliphatic carbocycles. The first-order chi connectivity index (χ1) is 15.1. The van der Waals surface area contributed by atoms with Crippen molar-refractivity contribution < 1.29 is 23.4 Å². The van der Waals surface area contributed by atoms with Gasteiger partial charge < -0.3 is 23.9 Å². The molecule has 3 rings (SSSR count). The van der Waals surface area contributed by atoms with Gasteiger partial charge >= 0.3 is 0 Å². The average Bonchev–Trinajstić information content (AvgIpc) is 3.28. The molecule has 0 spiro atoms. The zero-order valence-corrected chi connectivity index (χ0v) is 18.3. The van der Waals surface area contributed by atoms with Gasteiger partial charge in [-0.2, -0.15) is 0 Å². The summed E-state index contributed by atoms with van der Waals surface area (Å²) in [4.78, 5) is 12.4. The van der Waals surface area contributed by atoms with E-state index in [1.54, 1.807) is 26.4 Å². The summed E-state index contributed by atoms with van der Waals surface area (Å²) in [7, 11) is 3.20. The standard InChI is InChI=1S/C25H29NO5/c1-4-5-18-6-9-20(10-7-18)30-17-21-11-13-23(31-21)25(27)26-15-14-19-8-12-22(28-2)24(16-19)29-3/h6-13,16H,4-5,14-15,17H2,1-3H3,(H,26,27). The Morgan fingerprint density at radius 2 is 1.65 bits per heavy atom. The minimum atomic E-state index is -0.254. The van der Waals surface area contributed by atoms with Crippen LogP contribution in [-0.4, -0.2) is 26.7 Å². The Morgan fingerprint density at radius 1 is 0.903 bits per heavy atom. The molecule has 0 atom stereocenters. The highest BCUT2D eigenvalue weighted by molar-refractivity contribution is 5.91. The Labute approximate surface area is 183 Å². The van der Waals surface area contributed by atoms with Crippen LogP contribution in [-0.2, 0) is 19.4 Å². The first-order valence-corrected chi connectivity index (χ1v) is 10.4. The maximum absolute atomic E-state index is 12.4. The van der Waals surface area contributed by atoms with Crippen LogP contribution in [0.3, 0.4) is 0 Å². The lowest BCUT2D eigenvalue weighted by Gasteiger charge is -2.10. The number of ether oxygens (including phenoxy) is 3. The summed E-state index contributed by atoms with van der Waals surface area (Å²) < 4.78 is 21.9. The van der Waals surface area contributed by atoms with E-state index in [1.165, 1.54) is 5.56 Å². The first-order valence-electron chi connectivity index (χ1n) is 10.4. The fourth-order valence-corrected chi connectivity index (χ4v) is 3.22. The zero-order valence-electron chi connectivity index (χ0n) is 18.3. The maximum atomic E-state index is 12.4. The van der Waals surface area contributed by atoms with Crippen molar-refractivity contribution in [1.82, 2.24) is 5.32 Å². The van der Waals surface area contributed by atoms with Crippen LogP contribution < -0.4 is 19.5 Å². The van der Waals surface area contributed by atoms with Crippen molar-refractivity contribution in [1.29, 1.82) is 0 Å². The summed E-state index contributed by atoms with van der Waals surface area (Å²) in [6.45, 7) is 2.91. The van der Waals surface area contributed by atoms with E-state index in [0.717, 1.165) is 24.2 Å². The van der Waals surface area contributed by atoms with Gasteiger partial charge in [0.1, 0.15) is 18.1 Å². The topological polar surface area (TPSA) is 69.9 Å². The van der Waals surface area contributed by atoms with Gasteiger partial charge in [0, 0.05) is 6.54 Å². The van der Waals surface area contributed by atoms with Crippen LogP contribution in [0.25, 0.3) is 0 Å². The number of carbonyl (C=O) groups is 1. The highest BCUT2D eigenvalue weighted by Gasteiger charge is 2.12. The molecule has 0 unspecified atom stereocenters. The molecule has 6 heteroatoms. The normalized spacial score (nSPS) is 10.5. The summed E-state index contributed by atoms with van der Waals surface area (Å²) in [6.07, 6.45) is 2.84. The number of hydrogen-bond donors (Lipinski definition) is 1. The highest BCUT2D eigenvalue weighted by atomic mass is 16.5. The second kappa shape index (κ2) is 11.1. The number of methoxy groups -OCH3 is 2. The molecule has 2 aromatic carbocycles. The Bertz CT molecular complexity index is 978. The molecule has 6 nitrogen and oxygen atoms in total. The third kappa shape index (κ3) is 6.28. The molecule has 164 valence electrons.